The Morgan fingerprint density at radius 1 is 1.43 bits per heavy atom. The highest BCUT2D eigenvalue weighted by atomic mass is 15.3. The van der Waals surface area contributed by atoms with E-state index in [2.05, 4.69) is 21.9 Å². The summed E-state index contributed by atoms with van der Waals surface area (Å²) in [6.07, 6.45) is 1.57. The number of nitrogens with one attached hydrogen (secondary N) is 2. The molecule has 14 heavy (non-hydrogen) atoms. The van der Waals surface area contributed by atoms with Gasteiger partial charge < -0.3 is 10.7 Å². The van der Waals surface area contributed by atoms with Crippen LogP contribution >= 0.6 is 0 Å². The van der Waals surface area contributed by atoms with Gasteiger partial charge in [0, 0.05) is 7.05 Å². The minimum atomic E-state index is 0.657. The second-order valence-corrected chi connectivity index (χ2v) is 2.69. The van der Waals surface area contributed by atoms with E-state index in [4.69, 9.17) is 5.26 Å². The topological polar surface area (TPSA) is 60.2 Å². The first-order valence-electron chi connectivity index (χ1n) is 4.27. The fraction of sp³-hybridized carbons (Fsp3) is 0.200. The van der Waals surface area contributed by atoms with Crippen molar-refractivity contribution in [3.8, 4) is 6.07 Å². The second-order valence-electron chi connectivity index (χ2n) is 2.69. The average molecular weight is 188 g/mol. The lowest BCUT2D eigenvalue weighted by atomic mass is 10.1. The van der Waals surface area contributed by atoms with Crippen molar-refractivity contribution in [2.24, 2.45) is 5.10 Å². The molecular weight excluding hydrogens is 176 g/mol. The summed E-state index contributed by atoms with van der Waals surface area (Å²) in [7, 11) is 1.78. The van der Waals surface area contributed by atoms with Crippen LogP contribution in [0.25, 0.3) is 0 Å². The van der Waals surface area contributed by atoms with Crippen LogP contribution < -0.4 is 10.7 Å². The minimum Gasteiger partial charge on any atom is -0.378 e. The summed E-state index contributed by atoms with van der Waals surface area (Å²) in [6.45, 7) is 0.657. The van der Waals surface area contributed by atoms with Gasteiger partial charge in [0.2, 0.25) is 0 Å². The van der Waals surface area contributed by atoms with E-state index < -0.39 is 0 Å². The maximum atomic E-state index is 8.58. The molecule has 0 radical (unpaired) electrons. The highest BCUT2D eigenvalue weighted by molar-refractivity contribution is 5.52. The first kappa shape index (κ1) is 10.1. The SMILES string of the molecule is CN/C=N\NCc1ccc(C#N)cc1. The molecule has 0 aliphatic heterocycles. The Morgan fingerprint density at radius 2 is 2.14 bits per heavy atom. The minimum absolute atomic E-state index is 0.657. The molecule has 0 fully saturated rings. The van der Waals surface area contributed by atoms with Crippen molar-refractivity contribution >= 4 is 6.34 Å². The molecular formula is C10H12N4. The van der Waals surface area contributed by atoms with Gasteiger partial charge in [-0.05, 0) is 17.7 Å². The maximum Gasteiger partial charge on any atom is 0.108 e. The first-order valence-corrected chi connectivity index (χ1v) is 4.27. The van der Waals surface area contributed by atoms with E-state index in [1.165, 1.54) is 0 Å². The molecule has 0 atom stereocenters. The van der Waals surface area contributed by atoms with Crippen LogP contribution in [0.4, 0.5) is 0 Å². The van der Waals surface area contributed by atoms with Crippen molar-refractivity contribution in [1.82, 2.24) is 10.7 Å². The standard InChI is InChI=1S/C10H12N4/c1-12-8-14-13-7-10-4-2-9(6-11)3-5-10/h2-5,8,13H,7H2,1H3,(H,12,14). The van der Waals surface area contributed by atoms with Gasteiger partial charge in [0.15, 0.2) is 0 Å². The monoisotopic (exact) mass is 188 g/mol. The fourth-order valence-corrected chi connectivity index (χ4v) is 0.944. The molecule has 72 valence electrons. The number of nitrogens with zero attached hydrogens (tertiary/aromatic N) is 2. The lowest BCUT2D eigenvalue weighted by Gasteiger charge is -2.00. The zero-order valence-electron chi connectivity index (χ0n) is 7.99. The molecule has 0 bridgehead atoms. The van der Waals surface area contributed by atoms with Crippen LogP contribution in [0.3, 0.4) is 0 Å². The predicted octanol–water partition coefficient (Wildman–Crippen LogP) is 0.811. The molecule has 1 rings (SSSR count). The van der Waals surface area contributed by atoms with Gasteiger partial charge in [0.05, 0.1) is 18.2 Å². The van der Waals surface area contributed by atoms with Crippen molar-refractivity contribution in [3.63, 3.8) is 0 Å². The van der Waals surface area contributed by atoms with Crippen molar-refractivity contribution in [1.29, 1.82) is 5.26 Å². The Bertz CT molecular complexity index is 334. The summed E-state index contributed by atoms with van der Waals surface area (Å²) in [5.74, 6) is 0. The lowest BCUT2D eigenvalue weighted by molar-refractivity contribution is 0.743. The summed E-state index contributed by atoms with van der Waals surface area (Å²) in [4.78, 5) is 0. The quantitative estimate of drug-likeness (QED) is 0.417. The van der Waals surface area contributed by atoms with Crippen LogP contribution in [-0.4, -0.2) is 13.4 Å². The van der Waals surface area contributed by atoms with Crippen LogP contribution in [0.2, 0.25) is 0 Å². The molecule has 0 aliphatic carbocycles. The van der Waals surface area contributed by atoms with E-state index >= 15 is 0 Å². The van der Waals surface area contributed by atoms with Crippen LogP contribution in [-0.2, 0) is 6.54 Å². The highest BCUT2D eigenvalue weighted by Gasteiger charge is 1.91. The molecule has 0 spiro atoms. The molecule has 2 N–H and O–H groups in total. The van der Waals surface area contributed by atoms with E-state index in [-0.39, 0.29) is 0 Å². The van der Waals surface area contributed by atoms with Crippen LogP contribution in [0.1, 0.15) is 11.1 Å². The fourth-order valence-electron chi connectivity index (χ4n) is 0.944. The Labute approximate surface area is 83.2 Å². The van der Waals surface area contributed by atoms with E-state index in [0.29, 0.717) is 12.1 Å². The van der Waals surface area contributed by atoms with Crippen molar-refractivity contribution in [3.05, 3.63) is 35.4 Å². The van der Waals surface area contributed by atoms with Crippen LogP contribution in [0.15, 0.2) is 29.4 Å². The number of benzene rings is 1. The maximum absolute atomic E-state index is 8.58. The van der Waals surface area contributed by atoms with Crippen LogP contribution in [0.5, 0.6) is 0 Å². The summed E-state index contributed by atoms with van der Waals surface area (Å²) in [5.41, 5.74) is 4.63. The molecule has 0 unspecified atom stereocenters. The molecule has 4 nitrogen and oxygen atoms in total. The number of nitriles is 1. The molecule has 0 saturated heterocycles. The van der Waals surface area contributed by atoms with E-state index in [1.807, 2.05) is 12.1 Å². The normalized spacial score (nSPS) is 9.71. The predicted molar refractivity (Wildman–Crippen MR) is 55.5 cm³/mol. The Morgan fingerprint density at radius 3 is 2.71 bits per heavy atom. The number of rotatable bonds is 4. The Hall–Kier alpha value is -2.02. The number of hydrogen-bond acceptors (Lipinski definition) is 3. The van der Waals surface area contributed by atoms with Crippen LogP contribution in [0, 0.1) is 11.3 Å². The molecule has 0 saturated carbocycles. The largest absolute Gasteiger partial charge is 0.378 e. The van der Waals surface area contributed by atoms with Gasteiger partial charge in [-0.2, -0.15) is 10.4 Å². The van der Waals surface area contributed by atoms with Crippen molar-refractivity contribution < 1.29 is 0 Å². The van der Waals surface area contributed by atoms with E-state index in [9.17, 15) is 0 Å². The molecule has 1 aromatic rings. The molecule has 1 aromatic carbocycles. The number of hydrogen-bond donors (Lipinski definition) is 2. The molecule has 4 heteroatoms. The summed E-state index contributed by atoms with van der Waals surface area (Å²) in [5, 5.41) is 15.2. The smallest absolute Gasteiger partial charge is 0.108 e. The third-order valence-corrected chi connectivity index (χ3v) is 1.65. The summed E-state index contributed by atoms with van der Waals surface area (Å²) < 4.78 is 0. The first-order chi connectivity index (χ1) is 6.86. The molecule has 0 heterocycles. The van der Waals surface area contributed by atoms with Gasteiger partial charge in [0.25, 0.3) is 0 Å². The molecule has 0 amide bonds. The van der Waals surface area contributed by atoms with E-state index in [1.54, 1.807) is 25.5 Å². The van der Waals surface area contributed by atoms with Gasteiger partial charge >= 0.3 is 0 Å². The molecule has 0 aromatic heterocycles. The number of hydrazone groups is 1. The van der Waals surface area contributed by atoms with Crippen molar-refractivity contribution in [2.45, 2.75) is 6.54 Å². The van der Waals surface area contributed by atoms with Gasteiger partial charge in [-0.1, -0.05) is 12.1 Å². The third kappa shape index (κ3) is 3.15. The van der Waals surface area contributed by atoms with Crippen molar-refractivity contribution in [2.75, 3.05) is 7.05 Å². The highest BCUT2D eigenvalue weighted by Crippen LogP contribution is 2.02. The van der Waals surface area contributed by atoms with E-state index in [0.717, 1.165) is 5.56 Å². The lowest BCUT2D eigenvalue weighted by Crippen LogP contribution is -2.10. The Kier molecular flexibility index (Phi) is 4.02. The average Bonchev–Trinajstić information content (AvgIpc) is 2.25. The zero-order valence-corrected chi connectivity index (χ0v) is 7.99. The van der Waals surface area contributed by atoms with Gasteiger partial charge in [0.1, 0.15) is 6.34 Å². The third-order valence-electron chi connectivity index (χ3n) is 1.65. The second kappa shape index (κ2) is 5.60. The van der Waals surface area contributed by atoms with Gasteiger partial charge in [-0.25, -0.2) is 0 Å². The zero-order chi connectivity index (χ0) is 10.2. The van der Waals surface area contributed by atoms with Gasteiger partial charge in [-0.15, -0.1) is 0 Å². The summed E-state index contributed by atoms with van der Waals surface area (Å²) in [6, 6.07) is 9.46. The van der Waals surface area contributed by atoms with Gasteiger partial charge in [-0.3, -0.25) is 0 Å². The summed E-state index contributed by atoms with van der Waals surface area (Å²) >= 11 is 0. The Balaban J connectivity index is 2.45. The molecule has 0 aliphatic rings.